The van der Waals surface area contributed by atoms with E-state index in [4.69, 9.17) is 0 Å². The molecule has 4 rings (SSSR count). The fraction of sp³-hybridized carbons (Fsp3) is 0.679. The number of imide groups is 1. The molecule has 1 aliphatic carbocycles. The molecule has 192 valence electrons. The SMILES string of the molecule is CN(C)CCN1C(=O)N[C@](CCc2ccccc2)(C2CCN(C(=O)C3(C)CCCCC3)CC2)C1=O. The van der Waals surface area contributed by atoms with Crippen LogP contribution in [0.4, 0.5) is 4.79 Å². The summed E-state index contributed by atoms with van der Waals surface area (Å²) in [7, 11) is 3.89. The van der Waals surface area contributed by atoms with Crippen LogP contribution in [-0.4, -0.2) is 78.4 Å². The normalized spacial score (nSPS) is 25.3. The van der Waals surface area contributed by atoms with Crippen LogP contribution in [0.3, 0.4) is 0 Å². The number of amides is 4. The Balaban J connectivity index is 1.49. The Morgan fingerprint density at radius 3 is 2.34 bits per heavy atom. The number of nitrogens with zero attached hydrogens (tertiary/aromatic N) is 3. The number of benzene rings is 1. The van der Waals surface area contributed by atoms with Gasteiger partial charge in [0.2, 0.25) is 5.91 Å². The number of carbonyl (C=O) groups excluding carboxylic acids is 3. The Morgan fingerprint density at radius 2 is 1.71 bits per heavy atom. The van der Waals surface area contributed by atoms with E-state index < -0.39 is 5.54 Å². The molecule has 35 heavy (non-hydrogen) atoms. The van der Waals surface area contributed by atoms with Crippen molar-refractivity contribution in [3.63, 3.8) is 0 Å². The third kappa shape index (κ3) is 5.40. The quantitative estimate of drug-likeness (QED) is 0.574. The van der Waals surface area contributed by atoms with Gasteiger partial charge in [-0.2, -0.15) is 0 Å². The third-order valence-electron chi connectivity index (χ3n) is 8.58. The third-order valence-corrected chi connectivity index (χ3v) is 8.58. The smallest absolute Gasteiger partial charge is 0.325 e. The second kappa shape index (κ2) is 10.7. The molecular formula is C28H42N4O3. The van der Waals surface area contributed by atoms with Gasteiger partial charge in [-0.15, -0.1) is 0 Å². The van der Waals surface area contributed by atoms with Crippen molar-refractivity contribution >= 4 is 17.8 Å². The van der Waals surface area contributed by atoms with Gasteiger partial charge in [0.25, 0.3) is 5.91 Å². The van der Waals surface area contributed by atoms with Crippen LogP contribution >= 0.6 is 0 Å². The van der Waals surface area contributed by atoms with E-state index in [2.05, 4.69) is 24.4 Å². The van der Waals surface area contributed by atoms with Crippen LogP contribution in [-0.2, 0) is 16.0 Å². The van der Waals surface area contributed by atoms with Crippen LogP contribution < -0.4 is 5.32 Å². The fourth-order valence-corrected chi connectivity index (χ4v) is 6.29. The molecule has 4 amide bonds. The standard InChI is InChI=1S/C28H42N4O3/c1-27(15-8-5-9-16-27)24(33)31-18-13-23(14-19-31)28(17-12-22-10-6-4-7-11-22)25(34)32(26(35)29-28)21-20-30(2)3/h4,6-7,10-11,23H,5,8-9,12-21H2,1-3H3,(H,29,35)/t28-/m1/s1. The molecule has 0 aromatic heterocycles. The summed E-state index contributed by atoms with van der Waals surface area (Å²) in [5, 5.41) is 3.16. The molecule has 7 nitrogen and oxygen atoms in total. The molecule has 2 aliphatic heterocycles. The van der Waals surface area contributed by atoms with Crippen LogP contribution in [0.1, 0.15) is 63.9 Å². The Labute approximate surface area is 210 Å². The molecule has 0 unspecified atom stereocenters. The van der Waals surface area contributed by atoms with Crippen molar-refractivity contribution < 1.29 is 14.4 Å². The first-order valence-electron chi connectivity index (χ1n) is 13.4. The molecule has 1 saturated carbocycles. The summed E-state index contributed by atoms with van der Waals surface area (Å²) in [5.74, 6) is 0.211. The van der Waals surface area contributed by atoms with Crippen LogP contribution in [0.5, 0.6) is 0 Å². The maximum Gasteiger partial charge on any atom is 0.325 e. The fourth-order valence-electron chi connectivity index (χ4n) is 6.29. The van der Waals surface area contributed by atoms with Crippen LogP contribution in [0, 0.1) is 11.3 Å². The average molecular weight is 483 g/mol. The predicted molar refractivity (Wildman–Crippen MR) is 137 cm³/mol. The van der Waals surface area contributed by atoms with E-state index in [0.717, 1.165) is 44.9 Å². The first kappa shape index (κ1) is 25.7. The number of nitrogens with one attached hydrogen (secondary N) is 1. The lowest BCUT2D eigenvalue weighted by Gasteiger charge is -2.44. The number of hydrogen-bond acceptors (Lipinski definition) is 4. The zero-order chi connectivity index (χ0) is 25.1. The Bertz CT molecular complexity index is 904. The van der Waals surface area contributed by atoms with Gasteiger partial charge < -0.3 is 15.1 Å². The minimum atomic E-state index is -0.900. The summed E-state index contributed by atoms with van der Waals surface area (Å²) in [5.41, 5.74) is 0.0260. The van der Waals surface area contributed by atoms with E-state index in [-0.39, 0.29) is 29.2 Å². The van der Waals surface area contributed by atoms with E-state index in [0.29, 0.717) is 32.6 Å². The molecule has 2 saturated heterocycles. The maximum absolute atomic E-state index is 13.8. The van der Waals surface area contributed by atoms with Crippen LogP contribution in [0.2, 0.25) is 0 Å². The molecule has 0 spiro atoms. The van der Waals surface area contributed by atoms with Crippen molar-refractivity contribution in [1.82, 2.24) is 20.0 Å². The van der Waals surface area contributed by atoms with Gasteiger partial charge in [0.05, 0.1) is 0 Å². The zero-order valence-corrected chi connectivity index (χ0v) is 21.7. The lowest BCUT2D eigenvalue weighted by molar-refractivity contribution is -0.145. The van der Waals surface area contributed by atoms with Gasteiger partial charge in [0.1, 0.15) is 5.54 Å². The van der Waals surface area contributed by atoms with Gasteiger partial charge in [-0.1, -0.05) is 56.5 Å². The van der Waals surface area contributed by atoms with Crippen molar-refractivity contribution in [2.75, 3.05) is 40.3 Å². The van der Waals surface area contributed by atoms with E-state index in [1.165, 1.54) is 16.9 Å². The van der Waals surface area contributed by atoms with E-state index in [1.807, 2.05) is 42.1 Å². The van der Waals surface area contributed by atoms with E-state index in [1.54, 1.807) is 0 Å². The second-order valence-corrected chi connectivity index (χ2v) is 11.3. The first-order chi connectivity index (χ1) is 16.7. The van der Waals surface area contributed by atoms with Gasteiger partial charge in [-0.3, -0.25) is 14.5 Å². The van der Waals surface area contributed by atoms with Crippen LogP contribution in [0.25, 0.3) is 0 Å². The lowest BCUT2D eigenvalue weighted by atomic mass is 9.72. The number of urea groups is 1. The molecule has 1 aromatic carbocycles. The lowest BCUT2D eigenvalue weighted by Crippen LogP contribution is -2.57. The highest BCUT2D eigenvalue weighted by Gasteiger charge is 2.55. The predicted octanol–water partition coefficient (Wildman–Crippen LogP) is 3.68. The average Bonchev–Trinajstić information content (AvgIpc) is 3.11. The highest BCUT2D eigenvalue weighted by Crippen LogP contribution is 2.41. The topological polar surface area (TPSA) is 73.0 Å². The molecule has 0 bridgehead atoms. The highest BCUT2D eigenvalue weighted by atomic mass is 16.2. The van der Waals surface area contributed by atoms with Crippen molar-refractivity contribution in [3.8, 4) is 0 Å². The molecule has 0 radical (unpaired) electrons. The molecule has 1 N–H and O–H groups in total. The number of likely N-dealkylation sites (N-methyl/N-ethyl adjacent to an activating group) is 1. The van der Waals surface area contributed by atoms with Gasteiger partial charge >= 0.3 is 6.03 Å². The van der Waals surface area contributed by atoms with Crippen molar-refractivity contribution in [3.05, 3.63) is 35.9 Å². The number of rotatable bonds is 8. The number of aryl methyl sites for hydroxylation is 1. The zero-order valence-electron chi connectivity index (χ0n) is 21.7. The molecular weight excluding hydrogens is 440 g/mol. The minimum Gasteiger partial charge on any atom is -0.342 e. The summed E-state index contributed by atoms with van der Waals surface area (Å²) < 4.78 is 0. The van der Waals surface area contributed by atoms with E-state index in [9.17, 15) is 14.4 Å². The van der Waals surface area contributed by atoms with Crippen molar-refractivity contribution in [2.45, 2.75) is 70.3 Å². The Morgan fingerprint density at radius 1 is 1.06 bits per heavy atom. The molecule has 1 aromatic rings. The molecule has 7 heteroatoms. The number of piperidine rings is 1. The molecule has 1 atom stereocenters. The van der Waals surface area contributed by atoms with Crippen molar-refractivity contribution in [1.29, 1.82) is 0 Å². The van der Waals surface area contributed by atoms with Crippen molar-refractivity contribution in [2.24, 2.45) is 11.3 Å². The summed E-state index contributed by atoms with van der Waals surface area (Å²) >= 11 is 0. The summed E-state index contributed by atoms with van der Waals surface area (Å²) in [6.07, 6.45) is 8.22. The number of carbonyl (C=O) groups is 3. The minimum absolute atomic E-state index is 0.0234. The Hall–Kier alpha value is -2.41. The largest absolute Gasteiger partial charge is 0.342 e. The van der Waals surface area contributed by atoms with Gasteiger partial charge in [-0.05, 0) is 64.1 Å². The first-order valence-corrected chi connectivity index (χ1v) is 13.4. The molecule has 2 heterocycles. The summed E-state index contributed by atoms with van der Waals surface area (Å²) in [6.45, 7) is 4.48. The van der Waals surface area contributed by atoms with Gasteiger partial charge in [0.15, 0.2) is 0 Å². The van der Waals surface area contributed by atoms with Gasteiger partial charge in [-0.25, -0.2) is 4.79 Å². The molecule has 3 aliphatic rings. The number of likely N-dealkylation sites (tertiary alicyclic amines) is 1. The summed E-state index contributed by atoms with van der Waals surface area (Å²) in [6, 6.07) is 9.88. The summed E-state index contributed by atoms with van der Waals surface area (Å²) in [4.78, 5) is 45.6. The number of hydrogen-bond donors (Lipinski definition) is 1. The molecule has 3 fully saturated rings. The second-order valence-electron chi connectivity index (χ2n) is 11.3. The Kier molecular flexibility index (Phi) is 7.84. The maximum atomic E-state index is 13.8. The highest BCUT2D eigenvalue weighted by molar-refractivity contribution is 6.07. The monoisotopic (exact) mass is 482 g/mol. The van der Waals surface area contributed by atoms with Gasteiger partial charge in [0, 0.05) is 31.6 Å². The van der Waals surface area contributed by atoms with Crippen LogP contribution in [0.15, 0.2) is 30.3 Å². The van der Waals surface area contributed by atoms with E-state index >= 15 is 0 Å².